The van der Waals surface area contributed by atoms with Crippen LogP contribution < -0.4 is 4.90 Å². The predicted molar refractivity (Wildman–Crippen MR) is 76.5 cm³/mol. The van der Waals surface area contributed by atoms with Gasteiger partial charge in [0.25, 0.3) is 0 Å². The van der Waals surface area contributed by atoms with Gasteiger partial charge in [-0.3, -0.25) is 0 Å². The lowest BCUT2D eigenvalue weighted by molar-refractivity contribution is 0.392. The zero-order chi connectivity index (χ0) is 13.6. The molecule has 0 atom stereocenters. The lowest BCUT2D eigenvalue weighted by atomic mass is 9.87. The van der Waals surface area contributed by atoms with E-state index >= 15 is 0 Å². The summed E-state index contributed by atoms with van der Waals surface area (Å²) in [6, 6.07) is 8.69. The van der Waals surface area contributed by atoms with Crippen molar-refractivity contribution in [1.29, 1.82) is 0 Å². The van der Waals surface area contributed by atoms with Crippen molar-refractivity contribution in [2.45, 2.75) is 39.7 Å². The van der Waals surface area contributed by atoms with Crippen LogP contribution in [0.2, 0.25) is 0 Å². The van der Waals surface area contributed by atoms with Gasteiger partial charge in [-0.05, 0) is 25.5 Å². The number of benzene rings is 1. The number of nitrogens with zero attached hydrogens (tertiary/aromatic N) is 2. The molecule has 3 nitrogen and oxygen atoms in total. The number of fused-ring (bicyclic) bond motifs is 1. The second-order valence-corrected chi connectivity index (χ2v) is 6.06. The Balaban J connectivity index is 1.96. The van der Waals surface area contributed by atoms with Crippen LogP contribution in [0.5, 0.6) is 0 Å². The van der Waals surface area contributed by atoms with Crippen LogP contribution in [0.4, 0.5) is 5.69 Å². The van der Waals surface area contributed by atoms with Crippen molar-refractivity contribution in [3.8, 4) is 0 Å². The average Bonchev–Trinajstić information content (AvgIpc) is 2.82. The van der Waals surface area contributed by atoms with Crippen LogP contribution in [0.15, 0.2) is 28.8 Å². The van der Waals surface area contributed by atoms with E-state index in [9.17, 15) is 0 Å². The van der Waals surface area contributed by atoms with Crippen molar-refractivity contribution >= 4 is 5.69 Å². The van der Waals surface area contributed by atoms with Crippen molar-refractivity contribution < 1.29 is 4.52 Å². The molecule has 2 heterocycles. The van der Waals surface area contributed by atoms with Gasteiger partial charge in [0.15, 0.2) is 0 Å². The Bertz CT molecular complexity index is 593. The third-order valence-corrected chi connectivity index (χ3v) is 4.09. The number of hydrogen-bond acceptors (Lipinski definition) is 3. The fraction of sp³-hybridized carbons (Fsp3) is 0.438. The molecule has 2 aromatic rings. The molecule has 3 rings (SSSR count). The molecular formula is C16H20N2O. The number of aryl methyl sites for hydroxylation is 2. The minimum atomic E-state index is 0.204. The van der Waals surface area contributed by atoms with Crippen LogP contribution in [0.25, 0.3) is 0 Å². The summed E-state index contributed by atoms with van der Waals surface area (Å²) in [5.74, 6) is 0.930. The Morgan fingerprint density at radius 2 is 2.00 bits per heavy atom. The molecule has 0 N–H and O–H groups in total. The minimum Gasteiger partial charge on any atom is -0.366 e. The summed E-state index contributed by atoms with van der Waals surface area (Å²) >= 11 is 0. The largest absolute Gasteiger partial charge is 0.366 e. The Hall–Kier alpha value is -1.77. The predicted octanol–water partition coefficient (Wildman–Crippen LogP) is 3.59. The van der Waals surface area contributed by atoms with Crippen LogP contribution in [-0.2, 0) is 12.0 Å². The van der Waals surface area contributed by atoms with E-state index in [4.69, 9.17) is 4.52 Å². The Morgan fingerprint density at radius 1 is 1.26 bits per heavy atom. The van der Waals surface area contributed by atoms with Gasteiger partial charge in [-0.25, -0.2) is 0 Å². The van der Waals surface area contributed by atoms with Crippen molar-refractivity contribution in [2.75, 3.05) is 11.4 Å². The molecule has 0 spiro atoms. The number of anilines is 1. The van der Waals surface area contributed by atoms with Gasteiger partial charge in [0.2, 0.25) is 0 Å². The molecule has 1 aromatic heterocycles. The second kappa shape index (κ2) is 4.12. The summed E-state index contributed by atoms with van der Waals surface area (Å²) in [5, 5.41) is 4.05. The van der Waals surface area contributed by atoms with Gasteiger partial charge in [-0.1, -0.05) is 37.2 Å². The first-order valence-electron chi connectivity index (χ1n) is 6.75. The van der Waals surface area contributed by atoms with Gasteiger partial charge in [0, 0.05) is 29.8 Å². The summed E-state index contributed by atoms with van der Waals surface area (Å²) in [6.45, 7) is 10.5. The van der Waals surface area contributed by atoms with Gasteiger partial charge in [-0.2, -0.15) is 0 Å². The summed E-state index contributed by atoms with van der Waals surface area (Å²) in [5.41, 5.74) is 5.19. The Labute approximate surface area is 114 Å². The molecule has 0 radical (unpaired) electrons. The van der Waals surface area contributed by atoms with Crippen LogP contribution >= 0.6 is 0 Å². The molecule has 0 saturated heterocycles. The topological polar surface area (TPSA) is 29.3 Å². The molecule has 0 fully saturated rings. The zero-order valence-electron chi connectivity index (χ0n) is 12.0. The molecule has 3 heteroatoms. The molecule has 1 aliphatic heterocycles. The number of para-hydroxylation sites is 1. The maximum Gasteiger partial charge on any atom is 0.138 e. The van der Waals surface area contributed by atoms with Crippen LogP contribution in [-0.4, -0.2) is 11.7 Å². The van der Waals surface area contributed by atoms with E-state index in [1.165, 1.54) is 16.8 Å². The van der Waals surface area contributed by atoms with Crippen molar-refractivity contribution in [3.05, 3.63) is 46.8 Å². The number of aromatic nitrogens is 1. The van der Waals surface area contributed by atoms with Gasteiger partial charge >= 0.3 is 0 Å². The lowest BCUT2D eigenvalue weighted by Crippen LogP contribution is -2.28. The fourth-order valence-electron chi connectivity index (χ4n) is 3.03. The average molecular weight is 256 g/mol. The standard InChI is InChI=1S/C16H20N2O/c1-11-13(12(2)19-17-11)9-18-10-16(3,4)14-7-5-6-8-15(14)18/h5-8H,9-10H2,1-4H3. The van der Waals surface area contributed by atoms with E-state index < -0.39 is 0 Å². The monoisotopic (exact) mass is 256 g/mol. The van der Waals surface area contributed by atoms with E-state index in [-0.39, 0.29) is 5.41 Å². The van der Waals surface area contributed by atoms with Crippen LogP contribution in [0.3, 0.4) is 0 Å². The Kier molecular flexibility index (Phi) is 2.66. The summed E-state index contributed by atoms with van der Waals surface area (Å²) in [4.78, 5) is 2.43. The molecule has 100 valence electrons. The van der Waals surface area contributed by atoms with E-state index in [0.717, 1.165) is 24.5 Å². The fourth-order valence-corrected chi connectivity index (χ4v) is 3.03. The van der Waals surface area contributed by atoms with E-state index in [2.05, 4.69) is 48.2 Å². The highest BCUT2D eigenvalue weighted by molar-refractivity contribution is 5.62. The molecule has 19 heavy (non-hydrogen) atoms. The number of rotatable bonds is 2. The molecular weight excluding hydrogens is 236 g/mol. The lowest BCUT2D eigenvalue weighted by Gasteiger charge is -2.22. The minimum absolute atomic E-state index is 0.204. The van der Waals surface area contributed by atoms with Crippen LogP contribution in [0.1, 0.15) is 36.4 Å². The number of hydrogen-bond donors (Lipinski definition) is 0. The quantitative estimate of drug-likeness (QED) is 0.822. The normalized spacial score (nSPS) is 16.7. The molecule has 1 aromatic carbocycles. The molecule has 0 aliphatic carbocycles. The maximum absolute atomic E-state index is 5.27. The summed E-state index contributed by atoms with van der Waals surface area (Å²) in [6.07, 6.45) is 0. The van der Waals surface area contributed by atoms with E-state index in [1.54, 1.807) is 0 Å². The Morgan fingerprint density at radius 3 is 2.68 bits per heavy atom. The van der Waals surface area contributed by atoms with Crippen molar-refractivity contribution in [1.82, 2.24) is 5.16 Å². The van der Waals surface area contributed by atoms with Crippen molar-refractivity contribution in [2.24, 2.45) is 0 Å². The first-order valence-corrected chi connectivity index (χ1v) is 6.75. The highest BCUT2D eigenvalue weighted by Gasteiger charge is 2.35. The highest BCUT2D eigenvalue weighted by atomic mass is 16.5. The third-order valence-electron chi connectivity index (χ3n) is 4.09. The maximum atomic E-state index is 5.27. The summed E-state index contributed by atoms with van der Waals surface area (Å²) in [7, 11) is 0. The third kappa shape index (κ3) is 1.93. The van der Waals surface area contributed by atoms with E-state index in [1.807, 2.05) is 13.8 Å². The van der Waals surface area contributed by atoms with Crippen LogP contribution in [0, 0.1) is 13.8 Å². The van der Waals surface area contributed by atoms with Gasteiger partial charge in [0.1, 0.15) is 5.76 Å². The second-order valence-electron chi connectivity index (χ2n) is 6.06. The zero-order valence-corrected chi connectivity index (χ0v) is 12.0. The van der Waals surface area contributed by atoms with E-state index in [0.29, 0.717) is 0 Å². The molecule has 0 amide bonds. The summed E-state index contributed by atoms with van der Waals surface area (Å²) < 4.78 is 5.27. The highest BCUT2D eigenvalue weighted by Crippen LogP contribution is 2.41. The first kappa shape index (κ1) is 12.3. The van der Waals surface area contributed by atoms with Gasteiger partial charge in [0.05, 0.1) is 5.69 Å². The smallest absolute Gasteiger partial charge is 0.138 e. The molecule has 0 unspecified atom stereocenters. The van der Waals surface area contributed by atoms with Gasteiger partial charge < -0.3 is 9.42 Å². The molecule has 0 bridgehead atoms. The SMILES string of the molecule is Cc1noc(C)c1CN1CC(C)(C)c2ccccc21. The van der Waals surface area contributed by atoms with Crippen molar-refractivity contribution in [3.63, 3.8) is 0 Å². The first-order chi connectivity index (χ1) is 8.99. The van der Waals surface area contributed by atoms with Gasteiger partial charge in [-0.15, -0.1) is 0 Å². The molecule has 0 saturated carbocycles. The molecule has 1 aliphatic rings.